The Morgan fingerprint density at radius 2 is 1.56 bits per heavy atom. The molecule has 0 spiro atoms. The van der Waals surface area contributed by atoms with E-state index in [-0.39, 0.29) is 0 Å². The van der Waals surface area contributed by atoms with Crippen molar-refractivity contribution in [3.8, 4) is 0 Å². The summed E-state index contributed by atoms with van der Waals surface area (Å²) in [7, 11) is -3.00. The van der Waals surface area contributed by atoms with Crippen LogP contribution in [0.5, 0.6) is 0 Å². The first kappa shape index (κ1) is 14.4. The van der Waals surface area contributed by atoms with Gasteiger partial charge in [0.2, 0.25) is 0 Å². The molecule has 0 atom stereocenters. The SMILES string of the molecule is CCC[Si](OC(C)=O)(OC(C)=O)c1ccccc1. The fourth-order valence-electron chi connectivity index (χ4n) is 1.87. The number of carbonyl (C=O) groups excluding carboxylic acids is 2. The number of benzene rings is 1. The average molecular weight is 266 g/mol. The van der Waals surface area contributed by atoms with Crippen LogP contribution in [-0.2, 0) is 18.4 Å². The van der Waals surface area contributed by atoms with E-state index in [0.717, 1.165) is 11.6 Å². The van der Waals surface area contributed by atoms with Gasteiger partial charge in [-0.05, 0) is 0 Å². The Bertz CT molecular complexity index is 400. The zero-order valence-electron chi connectivity index (χ0n) is 10.9. The van der Waals surface area contributed by atoms with Crippen molar-refractivity contribution in [3.63, 3.8) is 0 Å². The molecule has 0 saturated carbocycles. The zero-order valence-corrected chi connectivity index (χ0v) is 11.9. The molecule has 0 amide bonds. The molecule has 0 fully saturated rings. The molecule has 4 nitrogen and oxygen atoms in total. The molecule has 0 aliphatic rings. The van der Waals surface area contributed by atoms with Crippen molar-refractivity contribution in [1.82, 2.24) is 0 Å². The largest absolute Gasteiger partial charge is 0.499 e. The molecular formula is C13H18O4Si. The summed E-state index contributed by atoms with van der Waals surface area (Å²) in [4.78, 5) is 22.6. The van der Waals surface area contributed by atoms with Crippen LogP contribution in [-0.4, -0.2) is 20.5 Å². The highest BCUT2D eigenvalue weighted by Crippen LogP contribution is 2.17. The van der Waals surface area contributed by atoms with E-state index in [1.54, 1.807) is 0 Å². The lowest BCUT2D eigenvalue weighted by Crippen LogP contribution is -2.55. The van der Waals surface area contributed by atoms with Gasteiger partial charge in [0.05, 0.1) is 0 Å². The second kappa shape index (κ2) is 6.35. The van der Waals surface area contributed by atoms with E-state index in [4.69, 9.17) is 8.85 Å². The topological polar surface area (TPSA) is 52.6 Å². The minimum atomic E-state index is -3.00. The van der Waals surface area contributed by atoms with Gasteiger partial charge in [-0.3, -0.25) is 9.59 Å². The van der Waals surface area contributed by atoms with Gasteiger partial charge in [0.15, 0.2) is 0 Å². The van der Waals surface area contributed by atoms with Crippen LogP contribution < -0.4 is 5.19 Å². The lowest BCUT2D eigenvalue weighted by atomic mass is 10.4. The second-order valence-corrected chi connectivity index (χ2v) is 7.05. The third-order valence-corrected chi connectivity index (χ3v) is 6.02. The molecule has 18 heavy (non-hydrogen) atoms. The number of hydrogen-bond donors (Lipinski definition) is 0. The van der Waals surface area contributed by atoms with Crippen LogP contribution in [0.1, 0.15) is 27.2 Å². The Kier molecular flexibility index (Phi) is 5.09. The zero-order chi connectivity index (χ0) is 13.6. The van der Waals surface area contributed by atoms with E-state index in [2.05, 4.69) is 0 Å². The number of carbonyl (C=O) groups is 2. The molecule has 98 valence electrons. The third kappa shape index (κ3) is 3.70. The monoisotopic (exact) mass is 266 g/mol. The van der Waals surface area contributed by atoms with Crippen LogP contribution in [0.25, 0.3) is 0 Å². The summed E-state index contributed by atoms with van der Waals surface area (Å²) in [6.45, 7) is 4.64. The van der Waals surface area contributed by atoms with E-state index < -0.39 is 20.5 Å². The van der Waals surface area contributed by atoms with Crippen molar-refractivity contribution in [2.45, 2.75) is 33.2 Å². The first-order valence-corrected chi connectivity index (χ1v) is 7.97. The van der Waals surface area contributed by atoms with E-state index in [9.17, 15) is 9.59 Å². The maximum absolute atomic E-state index is 11.3. The quantitative estimate of drug-likeness (QED) is 0.763. The van der Waals surface area contributed by atoms with Gasteiger partial charge in [-0.2, -0.15) is 0 Å². The first-order chi connectivity index (χ1) is 8.50. The van der Waals surface area contributed by atoms with Crippen LogP contribution in [0.2, 0.25) is 6.04 Å². The summed E-state index contributed by atoms with van der Waals surface area (Å²) in [6, 6.07) is 9.81. The Balaban J connectivity index is 3.18. The Morgan fingerprint density at radius 3 is 1.94 bits per heavy atom. The molecule has 1 aromatic rings. The summed E-state index contributed by atoms with van der Waals surface area (Å²) in [5, 5.41) is 0.803. The minimum Gasteiger partial charge on any atom is -0.482 e. The fraction of sp³-hybridized carbons (Fsp3) is 0.385. The molecule has 0 aliphatic carbocycles. The number of hydrogen-bond acceptors (Lipinski definition) is 4. The standard InChI is InChI=1S/C13H18O4Si/c1-4-10-18(16-11(2)14,17-12(3)15)13-8-6-5-7-9-13/h5-9H,4,10H2,1-3H3. The molecule has 5 heteroatoms. The predicted molar refractivity (Wildman–Crippen MR) is 70.5 cm³/mol. The van der Waals surface area contributed by atoms with Crippen LogP contribution >= 0.6 is 0 Å². The molecule has 0 aromatic heterocycles. The highest BCUT2D eigenvalue weighted by Gasteiger charge is 2.45. The molecular weight excluding hydrogens is 248 g/mol. The Labute approximate surface area is 108 Å². The summed E-state index contributed by atoms with van der Waals surface area (Å²) in [5.74, 6) is -0.833. The van der Waals surface area contributed by atoms with Gasteiger partial charge in [0, 0.05) is 25.1 Å². The number of rotatable bonds is 5. The van der Waals surface area contributed by atoms with Crippen molar-refractivity contribution >= 4 is 25.7 Å². The smallest absolute Gasteiger partial charge is 0.482 e. The van der Waals surface area contributed by atoms with Gasteiger partial charge in [0.1, 0.15) is 0 Å². The normalized spacial score (nSPS) is 10.8. The van der Waals surface area contributed by atoms with Crippen molar-refractivity contribution < 1.29 is 18.4 Å². The van der Waals surface area contributed by atoms with Crippen LogP contribution in [0, 0.1) is 0 Å². The van der Waals surface area contributed by atoms with Crippen molar-refractivity contribution in [3.05, 3.63) is 30.3 Å². The van der Waals surface area contributed by atoms with Gasteiger partial charge in [-0.15, -0.1) is 0 Å². The van der Waals surface area contributed by atoms with E-state index in [0.29, 0.717) is 6.04 Å². The molecule has 0 aliphatic heterocycles. The van der Waals surface area contributed by atoms with Gasteiger partial charge in [-0.25, -0.2) is 0 Å². The van der Waals surface area contributed by atoms with Crippen molar-refractivity contribution in [2.24, 2.45) is 0 Å². The molecule has 0 saturated heterocycles. The summed E-state index contributed by atoms with van der Waals surface area (Å²) >= 11 is 0. The molecule has 0 radical (unpaired) electrons. The Hall–Kier alpha value is -1.62. The highest BCUT2D eigenvalue weighted by molar-refractivity contribution is 6.83. The van der Waals surface area contributed by atoms with Gasteiger partial charge < -0.3 is 8.85 Å². The van der Waals surface area contributed by atoms with E-state index in [1.165, 1.54) is 13.8 Å². The molecule has 0 N–H and O–H groups in total. The van der Waals surface area contributed by atoms with E-state index in [1.807, 2.05) is 37.3 Å². The van der Waals surface area contributed by atoms with Crippen LogP contribution in [0.3, 0.4) is 0 Å². The lowest BCUT2D eigenvalue weighted by Gasteiger charge is -2.28. The van der Waals surface area contributed by atoms with Crippen LogP contribution in [0.4, 0.5) is 0 Å². The molecule has 0 heterocycles. The maximum atomic E-state index is 11.3. The van der Waals surface area contributed by atoms with Crippen molar-refractivity contribution in [1.29, 1.82) is 0 Å². The third-order valence-electron chi connectivity index (χ3n) is 2.41. The fourth-order valence-corrected chi connectivity index (χ4v) is 4.93. The van der Waals surface area contributed by atoms with Gasteiger partial charge in [0.25, 0.3) is 11.9 Å². The second-order valence-electron chi connectivity index (χ2n) is 4.06. The minimum absolute atomic E-state index is 0.416. The molecule has 1 rings (SSSR count). The molecule has 1 aromatic carbocycles. The van der Waals surface area contributed by atoms with Crippen molar-refractivity contribution in [2.75, 3.05) is 0 Å². The maximum Gasteiger partial charge on any atom is 0.499 e. The van der Waals surface area contributed by atoms with Gasteiger partial charge in [-0.1, -0.05) is 43.7 Å². The predicted octanol–water partition coefficient (Wildman–Crippen LogP) is 1.87. The average Bonchev–Trinajstić information content (AvgIpc) is 2.28. The molecule has 0 unspecified atom stereocenters. The highest BCUT2D eigenvalue weighted by atomic mass is 28.4. The van der Waals surface area contributed by atoms with Gasteiger partial charge >= 0.3 is 8.56 Å². The summed E-state index contributed by atoms with van der Waals surface area (Å²) in [6.07, 6.45) is 0.779. The lowest BCUT2D eigenvalue weighted by molar-refractivity contribution is -0.138. The summed E-state index contributed by atoms with van der Waals surface area (Å²) in [5.41, 5.74) is 0. The molecule has 0 bridgehead atoms. The summed E-state index contributed by atoms with van der Waals surface area (Å²) < 4.78 is 10.9. The van der Waals surface area contributed by atoms with Crippen LogP contribution in [0.15, 0.2) is 30.3 Å². The first-order valence-electron chi connectivity index (χ1n) is 5.95. The Morgan fingerprint density at radius 1 is 1.06 bits per heavy atom. The van der Waals surface area contributed by atoms with E-state index >= 15 is 0 Å².